The van der Waals surface area contributed by atoms with Gasteiger partial charge in [0, 0.05) is 18.9 Å². The van der Waals surface area contributed by atoms with Gasteiger partial charge in [0.05, 0.1) is 12.2 Å². The standard InChI is InChI=1S/C19H18N2O2/c1-2-23-18-11-16-8-4-3-7-15(16)10-17(18)19(22)21-13-14-6-5-9-20-12-14/h3-12H,2,13H2,1H3,(H,21,22). The van der Waals surface area contributed by atoms with E-state index in [9.17, 15) is 4.79 Å². The van der Waals surface area contributed by atoms with E-state index in [1.54, 1.807) is 12.4 Å². The maximum Gasteiger partial charge on any atom is 0.255 e. The lowest BCUT2D eigenvalue weighted by molar-refractivity contribution is 0.0947. The molecule has 0 spiro atoms. The topological polar surface area (TPSA) is 51.2 Å². The minimum absolute atomic E-state index is 0.150. The van der Waals surface area contributed by atoms with Crippen LogP contribution < -0.4 is 10.1 Å². The van der Waals surface area contributed by atoms with Gasteiger partial charge >= 0.3 is 0 Å². The highest BCUT2D eigenvalue weighted by Gasteiger charge is 2.14. The Morgan fingerprint density at radius 2 is 1.91 bits per heavy atom. The molecule has 4 heteroatoms. The third-order valence-electron chi connectivity index (χ3n) is 3.57. The van der Waals surface area contributed by atoms with Crippen molar-refractivity contribution in [1.82, 2.24) is 10.3 Å². The molecule has 0 aliphatic carbocycles. The first kappa shape index (κ1) is 15.0. The molecule has 1 heterocycles. The predicted molar refractivity (Wildman–Crippen MR) is 90.5 cm³/mol. The Morgan fingerprint density at radius 3 is 2.61 bits per heavy atom. The Balaban J connectivity index is 1.87. The van der Waals surface area contributed by atoms with Crippen molar-refractivity contribution in [2.24, 2.45) is 0 Å². The summed E-state index contributed by atoms with van der Waals surface area (Å²) in [6.07, 6.45) is 3.45. The number of hydrogen-bond acceptors (Lipinski definition) is 3. The van der Waals surface area contributed by atoms with Crippen LogP contribution in [-0.4, -0.2) is 17.5 Å². The van der Waals surface area contributed by atoms with Gasteiger partial charge in [0.1, 0.15) is 5.75 Å². The number of aromatic nitrogens is 1. The van der Waals surface area contributed by atoms with Gasteiger partial charge in [-0.15, -0.1) is 0 Å². The second-order valence-corrected chi connectivity index (χ2v) is 5.17. The summed E-state index contributed by atoms with van der Waals surface area (Å²) in [5, 5.41) is 4.99. The third-order valence-corrected chi connectivity index (χ3v) is 3.57. The van der Waals surface area contributed by atoms with E-state index in [0.29, 0.717) is 24.5 Å². The van der Waals surface area contributed by atoms with E-state index in [2.05, 4.69) is 10.3 Å². The number of pyridine rings is 1. The second kappa shape index (κ2) is 6.92. The SMILES string of the molecule is CCOc1cc2ccccc2cc1C(=O)NCc1cccnc1. The number of benzene rings is 2. The summed E-state index contributed by atoms with van der Waals surface area (Å²) in [7, 11) is 0. The predicted octanol–water partition coefficient (Wildman–Crippen LogP) is 3.56. The van der Waals surface area contributed by atoms with Crippen LogP contribution in [-0.2, 0) is 6.54 Å². The van der Waals surface area contributed by atoms with Gasteiger partial charge in [-0.3, -0.25) is 9.78 Å². The van der Waals surface area contributed by atoms with Crippen molar-refractivity contribution in [2.45, 2.75) is 13.5 Å². The van der Waals surface area contributed by atoms with Gasteiger partial charge in [0.15, 0.2) is 0 Å². The average molecular weight is 306 g/mol. The first-order valence-electron chi connectivity index (χ1n) is 7.60. The smallest absolute Gasteiger partial charge is 0.255 e. The Bertz CT molecular complexity index is 816. The quantitative estimate of drug-likeness (QED) is 0.784. The van der Waals surface area contributed by atoms with E-state index >= 15 is 0 Å². The number of nitrogens with zero attached hydrogens (tertiary/aromatic N) is 1. The Kier molecular flexibility index (Phi) is 4.52. The van der Waals surface area contributed by atoms with Crippen LogP contribution in [0, 0.1) is 0 Å². The number of carbonyl (C=O) groups is 1. The van der Waals surface area contributed by atoms with Gasteiger partial charge in [-0.2, -0.15) is 0 Å². The summed E-state index contributed by atoms with van der Waals surface area (Å²) >= 11 is 0. The zero-order chi connectivity index (χ0) is 16.1. The fourth-order valence-corrected chi connectivity index (χ4v) is 2.45. The van der Waals surface area contributed by atoms with Gasteiger partial charge in [-0.1, -0.05) is 30.3 Å². The van der Waals surface area contributed by atoms with Gasteiger partial charge < -0.3 is 10.1 Å². The molecule has 0 radical (unpaired) electrons. The number of rotatable bonds is 5. The molecule has 0 saturated heterocycles. The molecule has 1 aromatic heterocycles. The summed E-state index contributed by atoms with van der Waals surface area (Å²) in [5.41, 5.74) is 1.51. The molecule has 0 unspecified atom stereocenters. The van der Waals surface area contributed by atoms with Gasteiger partial charge in [-0.05, 0) is 41.5 Å². The number of amides is 1. The van der Waals surface area contributed by atoms with Crippen LogP contribution in [0.5, 0.6) is 5.75 Å². The molecule has 3 rings (SSSR count). The number of hydrogen-bond donors (Lipinski definition) is 1. The lowest BCUT2D eigenvalue weighted by atomic mass is 10.1. The minimum atomic E-state index is -0.150. The molecule has 3 aromatic rings. The lowest BCUT2D eigenvalue weighted by Crippen LogP contribution is -2.23. The zero-order valence-electron chi connectivity index (χ0n) is 13.0. The highest BCUT2D eigenvalue weighted by Crippen LogP contribution is 2.26. The molecule has 0 atom stereocenters. The number of ether oxygens (including phenoxy) is 1. The number of nitrogens with one attached hydrogen (secondary N) is 1. The van der Waals surface area contributed by atoms with Crippen molar-refractivity contribution < 1.29 is 9.53 Å². The summed E-state index contributed by atoms with van der Waals surface area (Å²) in [5.74, 6) is 0.456. The van der Waals surface area contributed by atoms with E-state index in [-0.39, 0.29) is 5.91 Å². The first-order valence-corrected chi connectivity index (χ1v) is 7.60. The minimum Gasteiger partial charge on any atom is -0.493 e. The molecule has 0 saturated carbocycles. The number of fused-ring (bicyclic) bond motifs is 1. The Labute approximate surface area is 135 Å². The van der Waals surface area contributed by atoms with E-state index < -0.39 is 0 Å². The molecule has 1 N–H and O–H groups in total. The van der Waals surface area contributed by atoms with Crippen molar-refractivity contribution >= 4 is 16.7 Å². The average Bonchev–Trinajstić information content (AvgIpc) is 2.60. The molecule has 4 nitrogen and oxygen atoms in total. The summed E-state index contributed by atoms with van der Waals surface area (Å²) in [6, 6.07) is 15.5. The van der Waals surface area contributed by atoms with Crippen LogP contribution in [0.25, 0.3) is 10.8 Å². The number of carbonyl (C=O) groups excluding carboxylic acids is 1. The summed E-state index contributed by atoms with van der Waals surface area (Å²) in [4.78, 5) is 16.6. The zero-order valence-corrected chi connectivity index (χ0v) is 13.0. The van der Waals surface area contributed by atoms with Crippen molar-refractivity contribution in [3.05, 3.63) is 72.1 Å². The van der Waals surface area contributed by atoms with Crippen molar-refractivity contribution in [3.8, 4) is 5.75 Å². The van der Waals surface area contributed by atoms with Gasteiger partial charge in [0.25, 0.3) is 5.91 Å². The molecule has 23 heavy (non-hydrogen) atoms. The molecule has 2 aromatic carbocycles. The molecule has 0 aliphatic rings. The van der Waals surface area contributed by atoms with Crippen molar-refractivity contribution in [3.63, 3.8) is 0 Å². The van der Waals surface area contributed by atoms with Crippen LogP contribution >= 0.6 is 0 Å². The van der Waals surface area contributed by atoms with Gasteiger partial charge in [0.2, 0.25) is 0 Å². The molecular formula is C19H18N2O2. The second-order valence-electron chi connectivity index (χ2n) is 5.17. The van der Waals surface area contributed by atoms with Crippen LogP contribution in [0.15, 0.2) is 60.9 Å². The Hall–Kier alpha value is -2.88. The highest BCUT2D eigenvalue weighted by atomic mass is 16.5. The fourth-order valence-electron chi connectivity index (χ4n) is 2.45. The monoisotopic (exact) mass is 306 g/mol. The molecule has 0 fully saturated rings. The summed E-state index contributed by atoms with van der Waals surface area (Å²) in [6.45, 7) is 2.86. The normalized spacial score (nSPS) is 10.5. The van der Waals surface area contributed by atoms with Crippen LogP contribution in [0.4, 0.5) is 0 Å². The maximum atomic E-state index is 12.5. The molecule has 0 aliphatic heterocycles. The molecular weight excluding hydrogens is 288 g/mol. The van der Waals surface area contributed by atoms with E-state index in [0.717, 1.165) is 16.3 Å². The van der Waals surface area contributed by atoms with E-state index in [1.165, 1.54) is 0 Å². The maximum absolute atomic E-state index is 12.5. The van der Waals surface area contributed by atoms with Crippen LogP contribution in [0.3, 0.4) is 0 Å². The fraction of sp³-hybridized carbons (Fsp3) is 0.158. The summed E-state index contributed by atoms with van der Waals surface area (Å²) < 4.78 is 5.65. The first-order chi connectivity index (χ1) is 11.3. The Morgan fingerprint density at radius 1 is 1.13 bits per heavy atom. The van der Waals surface area contributed by atoms with Gasteiger partial charge in [-0.25, -0.2) is 0 Å². The molecule has 1 amide bonds. The van der Waals surface area contributed by atoms with Crippen molar-refractivity contribution in [1.29, 1.82) is 0 Å². The van der Waals surface area contributed by atoms with Crippen molar-refractivity contribution in [2.75, 3.05) is 6.61 Å². The van der Waals surface area contributed by atoms with Crippen LogP contribution in [0.2, 0.25) is 0 Å². The van der Waals surface area contributed by atoms with E-state index in [1.807, 2.05) is 55.5 Å². The molecule has 0 bridgehead atoms. The third kappa shape index (κ3) is 3.48. The highest BCUT2D eigenvalue weighted by molar-refractivity contribution is 6.01. The largest absolute Gasteiger partial charge is 0.493 e. The lowest BCUT2D eigenvalue weighted by Gasteiger charge is -2.12. The molecule has 116 valence electrons. The van der Waals surface area contributed by atoms with Crippen LogP contribution in [0.1, 0.15) is 22.8 Å². The van der Waals surface area contributed by atoms with E-state index in [4.69, 9.17) is 4.74 Å².